The molecular weight excluding hydrogens is 220 g/mol. The Morgan fingerprint density at radius 3 is 2.33 bits per heavy atom. The first-order valence-corrected chi connectivity index (χ1v) is 6.96. The molecule has 1 fully saturated rings. The maximum atomic E-state index is 12.4. The molecule has 0 aliphatic heterocycles. The predicted octanol–water partition coefficient (Wildman–Crippen LogP) is 3.97. The van der Waals surface area contributed by atoms with E-state index in [1.807, 2.05) is 0 Å². The van der Waals surface area contributed by atoms with E-state index in [1.165, 1.54) is 11.1 Å². The standard InChI is InChI=1S/C17H22O/c1-16(2)15(17(16,3)4)14(18)10-12-9-11-7-5-6-8-13(11)12/h5-8,12,15H,9-10H2,1-4H3. The third-order valence-corrected chi connectivity index (χ3v) is 5.75. The van der Waals surface area contributed by atoms with Gasteiger partial charge in [-0.3, -0.25) is 4.79 Å². The van der Waals surface area contributed by atoms with Crippen molar-refractivity contribution in [3.05, 3.63) is 35.4 Å². The lowest BCUT2D eigenvalue weighted by atomic mass is 9.74. The smallest absolute Gasteiger partial charge is 0.137 e. The van der Waals surface area contributed by atoms with Gasteiger partial charge >= 0.3 is 0 Å². The summed E-state index contributed by atoms with van der Waals surface area (Å²) >= 11 is 0. The van der Waals surface area contributed by atoms with Gasteiger partial charge in [-0.1, -0.05) is 52.0 Å². The van der Waals surface area contributed by atoms with Crippen LogP contribution in [0.4, 0.5) is 0 Å². The third kappa shape index (κ3) is 1.43. The normalized spacial score (nSPS) is 27.2. The zero-order chi connectivity index (χ0) is 13.1. The number of carbonyl (C=O) groups is 1. The average molecular weight is 242 g/mol. The largest absolute Gasteiger partial charge is 0.299 e. The van der Waals surface area contributed by atoms with Crippen LogP contribution in [0.5, 0.6) is 0 Å². The molecule has 1 saturated carbocycles. The SMILES string of the molecule is CC1(C)C(C(=O)CC2Cc3ccccc32)C1(C)C. The summed E-state index contributed by atoms with van der Waals surface area (Å²) in [6.45, 7) is 8.91. The molecule has 3 rings (SSSR count). The van der Waals surface area contributed by atoms with Gasteiger partial charge in [0.05, 0.1) is 0 Å². The van der Waals surface area contributed by atoms with Gasteiger partial charge in [-0.2, -0.15) is 0 Å². The number of hydrogen-bond acceptors (Lipinski definition) is 1. The van der Waals surface area contributed by atoms with E-state index in [1.54, 1.807) is 0 Å². The fraction of sp³-hybridized carbons (Fsp3) is 0.588. The summed E-state index contributed by atoms with van der Waals surface area (Å²) in [5.41, 5.74) is 3.22. The van der Waals surface area contributed by atoms with Crippen molar-refractivity contribution in [3.63, 3.8) is 0 Å². The fourth-order valence-corrected chi connectivity index (χ4v) is 3.91. The summed E-state index contributed by atoms with van der Waals surface area (Å²) in [6.07, 6.45) is 1.84. The molecule has 1 aromatic carbocycles. The number of rotatable bonds is 3. The molecule has 0 aromatic heterocycles. The van der Waals surface area contributed by atoms with Crippen LogP contribution in [0.15, 0.2) is 24.3 Å². The minimum Gasteiger partial charge on any atom is -0.299 e. The van der Waals surface area contributed by atoms with Crippen molar-refractivity contribution in [3.8, 4) is 0 Å². The predicted molar refractivity (Wildman–Crippen MR) is 73.6 cm³/mol. The van der Waals surface area contributed by atoms with Crippen molar-refractivity contribution in [1.82, 2.24) is 0 Å². The Bertz CT molecular complexity index is 496. The molecule has 0 spiro atoms. The lowest BCUT2D eigenvalue weighted by molar-refractivity contribution is -0.121. The first-order valence-electron chi connectivity index (χ1n) is 6.96. The topological polar surface area (TPSA) is 17.1 Å². The Labute approximate surface area is 110 Å². The zero-order valence-corrected chi connectivity index (χ0v) is 11.8. The van der Waals surface area contributed by atoms with Crippen molar-refractivity contribution in [2.45, 2.75) is 46.5 Å². The van der Waals surface area contributed by atoms with Crippen molar-refractivity contribution in [2.75, 3.05) is 0 Å². The summed E-state index contributed by atoms with van der Waals surface area (Å²) in [6, 6.07) is 8.53. The summed E-state index contributed by atoms with van der Waals surface area (Å²) < 4.78 is 0. The maximum Gasteiger partial charge on any atom is 0.137 e. The number of ketones is 1. The third-order valence-electron chi connectivity index (χ3n) is 5.75. The molecule has 96 valence electrons. The molecule has 1 atom stereocenters. The van der Waals surface area contributed by atoms with Gasteiger partial charge in [0, 0.05) is 12.3 Å². The van der Waals surface area contributed by atoms with Crippen LogP contribution in [0, 0.1) is 16.7 Å². The second-order valence-corrected chi connectivity index (χ2v) is 7.15. The van der Waals surface area contributed by atoms with E-state index in [0.717, 1.165) is 12.8 Å². The second kappa shape index (κ2) is 3.46. The summed E-state index contributed by atoms with van der Waals surface area (Å²) in [5, 5.41) is 0. The highest BCUT2D eigenvalue weighted by molar-refractivity contribution is 5.87. The number of Topliss-reactive ketones (excluding diaryl/α,β-unsaturated/α-hetero) is 1. The molecule has 1 unspecified atom stereocenters. The first-order chi connectivity index (χ1) is 8.35. The Kier molecular flexibility index (Phi) is 2.30. The Hall–Kier alpha value is -1.11. The van der Waals surface area contributed by atoms with Gasteiger partial charge in [0.1, 0.15) is 5.78 Å². The van der Waals surface area contributed by atoms with Crippen LogP contribution in [-0.2, 0) is 11.2 Å². The zero-order valence-electron chi connectivity index (χ0n) is 11.8. The molecule has 0 heterocycles. The van der Waals surface area contributed by atoms with Gasteiger partial charge in [0.25, 0.3) is 0 Å². The van der Waals surface area contributed by atoms with Gasteiger partial charge in [0.2, 0.25) is 0 Å². The Morgan fingerprint density at radius 2 is 1.78 bits per heavy atom. The lowest BCUT2D eigenvalue weighted by Crippen LogP contribution is -2.21. The Morgan fingerprint density at radius 1 is 1.17 bits per heavy atom. The highest BCUT2D eigenvalue weighted by atomic mass is 16.1. The van der Waals surface area contributed by atoms with E-state index in [9.17, 15) is 4.79 Å². The second-order valence-electron chi connectivity index (χ2n) is 7.15. The van der Waals surface area contributed by atoms with Crippen molar-refractivity contribution < 1.29 is 4.79 Å². The number of carbonyl (C=O) groups excluding carboxylic acids is 1. The molecule has 0 amide bonds. The van der Waals surface area contributed by atoms with E-state index < -0.39 is 0 Å². The van der Waals surface area contributed by atoms with Crippen LogP contribution < -0.4 is 0 Å². The molecule has 18 heavy (non-hydrogen) atoms. The first kappa shape index (κ1) is 12.0. The summed E-state index contributed by atoms with van der Waals surface area (Å²) in [7, 11) is 0. The minimum absolute atomic E-state index is 0.188. The summed E-state index contributed by atoms with van der Waals surface area (Å²) in [4.78, 5) is 12.4. The molecule has 0 bridgehead atoms. The van der Waals surface area contributed by atoms with E-state index >= 15 is 0 Å². The van der Waals surface area contributed by atoms with Crippen LogP contribution >= 0.6 is 0 Å². The van der Waals surface area contributed by atoms with Gasteiger partial charge in [0.15, 0.2) is 0 Å². The minimum atomic E-state index is 0.188. The molecule has 2 aliphatic carbocycles. The molecule has 0 N–H and O–H groups in total. The number of fused-ring (bicyclic) bond motifs is 1. The highest BCUT2D eigenvalue weighted by Gasteiger charge is 2.67. The highest BCUT2D eigenvalue weighted by Crippen LogP contribution is 2.69. The molecule has 1 aromatic rings. The van der Waals surface area contributed by atoms with Gasteiger partial charge in [-0.15, -0.1) is 0 Å². The molecule has 0 saturated heterocycles. The van der Waals surface area contributed by atoms with Gasteiger partial charge < -0.3 is 0 Å². The monoisotopic (exact) mass is 242 g/mol. The Balaban J connectivity index is 1.69. The van der Waals surface area contributed by atoms with Crippen LogP contribution in [-0.4, -0.2) is 5.78 Å². The van der Waals surface area contributed by atoms with Crippen LogP contribution in [0.25, 0.3) is 0 Å². The quantitative estimate of drug-likeness (QED) is 0.784. The van der Waals surface area contributed by atoms with Crippen LogP contribution in [0.2, 0.25) is 0 Å². The molecule has 2 aliphatic rings. The van der Waals surface area contributed by atoms with E-state index in [4.69, 9.17) is 0 Å². The van der Waals surface area contributed by atoms with Crippen LogP contribution in [0.3, 0.4) is 0 Å². The maximum absolute atomic E-state index is 12.4. The number of hydrogen-bond donors (Lipinski definition) is 0. The van der Waals surface area contributed by atoms with Crippen molar-refractivity contribution in [2.24, 2.45) is 16.7 Å². The van der Waals surface area contributed by atoms with Gasteiger partial charge in [-0.25, -0.2) is 0 Å². The van der Waals surface area contributed by atoms with Gasteiger partial charge in [-0.05, 0) is 34.3 Å². The molecular formula is C17H22O. The fourth-order valence-electron chi connectivity index (χ4n) is 3.91. The molecule has 1 heteroatoms. The molecule has 1 nitrogen and oxygen atoms in total. The molecule has 0 radical (unpaired) electrons. The van der Waals surface area contributed by atoms with Crippen molar-refractivity contribution >= 4 is 5.78 Å². The van der Waals surface area contributed by atoms with E-state index in [-0.39, 0.29) is 16.7 Å². The van der Waals surface area contributed by atoms with Crippen molar-refractivity contribution in [1.29, 1.82) is 0 Å². The van der Waals surface area contributed by atoms with E-state index in [0.29, 0.717) is 11.7 Å². The van der Waals surface area contributed by atoms with Crippen LogP contribution in [0.1, 0.15) is 51.2 Å². The number of benzene rings is 1. The average Bonchev–Trinajstić information content (AvgIpc) is 2.66. The van der Waals surface area contributed by atoms with E-state index in [2.05, 4.69) is 52.0 Å². The summed E-state index contributed by atoms with van der Waals surface area (Å²) in [5.74, 6) is 1.23. The lowest BCUT2D eigenvalue weighted by Gasteiger charge is -2.29.